The molecule has 1 N–H and O–H groups in total. The third-order valence-electron chi connectivity index (χ3n) is 3.82. The van der Waals surface area contributed by atoms with Crippen molar-refractivity contribution >= 4 is 0 Å². The van der Waals surface area contributed by atoms with Gasteiger partial charge in [-0.2, -0.15) is 13.2 Å². The van der Waals surface area contributed by atoms with E-state index in [1.807, 2.05) is 18.2 Å². The fourth-order valence-corrected chi connectivity index (χ4v) is 2.68. The summed E-state index contributed by atoms with van der Waals surface area (Å²) >= 11 is 0. The van der Waals surface area contributed by atoms with Crippen molar-refractivity contribution in [1.82, 2.24) is 5.32 Å². The first kappa shape index (κ1) is 19.2. The number of halogens is 3. The number of benzene rings is 2. The van der Waals surface area contributed by atoms with Crippen molar-refractivity contribution in [2.45, 2.75) is 26.2 Å². The van der Waals surface area contributed by atoms with Crippen LogP contribution < -0.4 is 24.3 Å². The lowest BCUT2D eigenvalue weighted by molar-refractivity contribution is -0.153. The number of hydrogen-bond donors (Lipinski definition) is 1. The average molecular weight is 383 g/mol. The number of hydrogen-bond acceptors (Lipinski definition) is 5. The Kier molecular flexibility index (Phi) is 5.95. The third-order valence-corrected chi connectivity index (χ3v) is 3.82. The zero-order valence-corrected chi connectivity index (χ0v) is 14.8. The summed E-state index contributed by atoms with van der Waals surface area (Å²) in [5.41, 5.74) is 1.84. The standard InChI is InChI=1S/C19H20F3NO4/c1-2-24-17-8-13(6-7-15(17)25-11-19(20,21)22)9-23-10-14-4-3-5-16-18(14)27-12-26-16/h3-8,23H,2,9-12H2,1H3. The second kappa shape index (κ2) is 8.39. The second-order valence-corrected chi connectivity index (χ2v) is 5.87. The Morgan fingerprint density at radius 3 is 2.67 bits per heavy atom. The summed E-state index contributed by atoms with van der Waals surface area (Å²) in [6.45, 7) is 2.01. The van der Waals surface area contributed by atoms with E-state index in [-0.39, 0.29) is 12.5 Å². The highest BCUT2D eigenvalue weighted by Crippen LogP contribution is 2.35. The van der Waals surface area contributed by atoms with Gasteiger partial charge in [0.2, 0.25) is 6.79 Å². The topological polar surface area (TPSA) is 49.0 Å². The largest absolute Gasteiger partial charge is 0.490 e. The second-order valence-electron chi connectivity index (χ2n) is 5.87. The Labute approximate surface area is 155 Å². The monoisotopic (exact) mass is 383 g/mol. The Hall–Kier alpha value is -2.61. The summed E-state index contributed by atoms with van der Waals surface area (Å²) in [4.78, 5) is 0. The molecule has 3 rings (SSSR count). The van der Waals surface area contributed by atoms with Crippen LogP contribution in [-0.4, -0.2) is 26.2 Å². The third kappa shape index (κ3) is 5.19. The lowest BCUT2D eigenvalue weighted by Crippen LogP contribution is -2.19. The van der Waals surface area contributed by atoms with Crippen LogP contribution in [0.3, 0.4) is 0 Å². The lowest BCUT2D eigenvalue weighted by Gasteiger charge is -2.15. The first-order valence-corrected chi connectivity index (χ1v) is 8.50. The van der Waals surface area contributed by atoms with Crippen molar-refractivity contribution in [3.8, 4) is 23.0 Å². The molecule has 0 amide bonds. The summed E-state index contributed by atoms with van der Waals surface area (Å²) < 4.78 is 58.1. The maximum Gasteiger partial charge on any atom is 0.422 e. The molecule has 5 nitrogen and oxygen atoms in total. The van der Waals surface area contributed by atoms with E-state index < -0.39 is 12.8 Å². The van der Waals surface area contributed by atoms with Gasteiger partial charge in [-0.25, -0.2) is 0 Å². The molecule has 2 aromatic rings. The number of fused-ring (bicyclic) bond motifs is 1. The maximum atomic E-state index is 12.4. The minimum Gasteiger partial charge on any atom is -0.490 e. The number of para-hydroxylation sites is 1. The van der Waals surface area contributed by atoms with Crippen LogP contribution in [0.4, 0.5) is 13.2 Å². The van der Waals surface area contributed by atoms with E-state index in [1.165, 1.54) is 6.07 Å². The van der Waals surface area contributed by atoms with Crippen LogP contribution >= 0.6 is 0 Å². The van der Waals surface area contributed by atoms with Gasteiger partial charge in [-0.1, -0.05) is 18.2 Å². The van der Waals surface area contributed by atoms with Crippen LogP contribution in [0.1, 0.15) is 18.1 Å². The predicted octanol–water partition coefficient (Wildman–Crippen LogP) is 4.04. The number of rotatable bonds is 8. The van der Waals surface area contributed by atoms with Crippen molar-refractivity contribution < 1.29 is 32.1 Å². The summed E-state index contributed by atoms with van der Waals surface area (Å²) in [5, 5.41) is 3.28. The predicted molar refractivity (Wildman–Crippen MR) is 92.3 cm³/mol. The number of ether oxygens (including phenoxy) is 4. The molecule has 0 saturated heterocycles. The van der Waals surface area contributed by atoms with Crippen molar-refractivity contribution in [1.29, 1.82) is 0 Å². The highest BCUT2D eigenvalue weighted by molar-refractivity contribution is 5.48. The van der Waals surface area contributed by atoms with Gasteiger partial charge < -0.3 is 24.3 Å². The smallest absolute Gasteiger partial charge is 0.422 e. The molecule has 0 unspecified atom stereocenters. The number of alkyl halides is 3. The van der Waals surface area contributed by atoms with E-state index in [0.717, 1.165) is 22.6 Å². The van der Waals surface area contributed by atoms with Crippen LogP contribution in [0.25, 0.3) is 0 Å². The van der Waals surface area contributed by atoms with Gasteiger partial charge in [-0.05, 0) is 30.7 Å². The Morgan fingerprint density at radius 2 is 1.89 bits per heavy atom. The molecule has 0 saturated carbocycles. The molecule has 0 spiro atoms. The molecule has 0 atom stereocenters. The molecule has 0 radical (unpaired) electrons. The van der Waals surface area contributed by atoms with E-state index >= 15 is 0 Å². The SMILES string of the molecule is CCOc1cc(CNCc2cccc3c2OCO3)ccc1OCC(F)(F)F. The normalized spacial score (nSPS) is 12.9. The van der Waals surface area contributed by atoms with Crippen molar-refractivity contribution in [2.24, 2.45) is 0 Å². The van der Waals surface area contributed by atoms with E-state index in [9.17, 15) is 13.2 Å². The van der Waals surface area contributed by atoms with Crippen molar-refractivity contribution in [3.63, 3.8) is 0 Å². The molecule has 0 aliphatic carbocycles. The fraction of sp³-hybridized carbons (Fsp3) is 0.368. The minimum absolute atomic E-state index is 0.0735. The van der Waals surface area contributed by atoms with Gasteiger partial charge in [0.25, 0.3) is 0 Å². The quantitative estimate of drug-likeness (QED) is 0.746. The zero-order valence-electron chi connectivity index (χ0n) is 14.8. The van der Waals surface area contributed by atoms with Crippen LogP contribution in [0.5, 0.6) is 23.0 Å². The fourth-order valence-electron chi connectivity index (χ4n) is 2.68. The van der Waals surface area contributed by atoms with Gasteiger partial charge in [0.1, 0.15) is 0 Å². The molecule has 0 bridgehead atoms. The van der Waals surface area contributed by atoms with E-state index in [4.69, 9.17) is 18.9 Å². The number of nitrogens with one attached hydrogen (secondary N) is 1. The first-order chi connectivity index (χ1) is 13.0. The van der Waals surface area contributed by atoms with E-state index in [0.29, 0.717) is 25.4 Å². The molecule has 0 aromatic heterocycles. The molecule has 1 heterocycles. The molecule has 2 aromatic carbocycles. The van der Waals surface area contributed by atoms with Crippen LogP contribution in [0, 0.1) is 0 Å². The molecule has 0 fully saturated rings. The Balaban J connectivity index is 1.61. The van der Waals surface area contributed by atoms with Gasteiger partial charge in [0.05, 0.1) is 6.61 Å². The molecular weight excluding hydrogens is 363 g/mol. The van der Waals surface area contributed by atoms with Gasteiger partial charge in [0, 0.05) is 18.7 Å². The summed E-state index contributed by atoms with van der Waals surface area (Å²) in [6, 6.07) is 10.6. The van der Waals surface area contributed by atoms with Gasteiger partial charge in [-0.3, -0.25) is 0 Å². The summed E-state index contributed by atoms with van der Waals surface area (Å²) in [5.74, 6) is 1.82. The molecule has 8 heteroatoms. The minimum atomic E-state index is -4.40. The molecule has 146 valence electrons. The highest BCUT2D eigenvalue weighted by atomic mass is 19.4. The van der Waals surface area contributed by atoms with Gasteiger partial charge >= 0.3 is 6.18 Å². The van der Waals surface area contributed by atoms with E-state index in [1.54, 1.807) is 19.1 Å². The van der Waals surface area contributed by atoms with Gasteiger partial charge in [0.15, 0.2) is 29.6 Å². The molecule has 1 aliphatic rings. The first-order valence-electron chi connectivity index (χ1n) is 8.50. The van der Waals surface area contributed by atoms with Gasteiger partial charge in [-0.15, -0.1) is 0 Å². The van der Waals surface area contributed by atoms with Crippen LogP contribution in [0.2, 0.25) is 0 Å². The zero-order chi connectivity index (χ0) is 19.3. The highest BCUT2D eigenvalue weighted by Gasteiger charge is 2.29. The van der Waals surface area contributed by atoms with Crippen molar-refractivity contribution in [3.05, 3.63) is 47.5 Å². The maximum absolute atomic E-state index is 12.4. The summed E-state index contributed by atoms with van der Waals surface area (Å²) in [7, 11) is 0. The van der Waals surface area contributed by atoms with Crippen LogP contribution in [-0.2, 0) is 13.1 Å². The Morgan fingerprint density at radius 1 is 1.04 bits per heavy atom. The van der Waals surface area contributed by atoms with E-state index in [2.05, 4.69) is 5.32 Å². The Bertz CT molecular complexity index is 780. The molecule has 1 aliphatic heterocycles. The van der Waals surface area contributed by atoms with Crippen LogP contribution in [0.15, 0.2) is 36.4 Å². The van der Waals surface area contributed by atoms with Crippen molar-refractivity contribution in [2.75, 3.05) is 20.0 Å². The lowest BCUT2D eigenvalue weighted by atomic mass is 10.1. The molecule has 27 heavy (non-hydrogen) atoms. The summed E-state index contributed by atoms with van der Waals surface area (Å²) in [6.07, 6.45) is -4.40. The average Bonchev–Trinajstić information content (AvgIpc) is 3.10. The molecular formula is C19H20F3NO4.